The van der Waals surface area contributed by atoms with Crippen LogP contribution in [0.25, 0.3) is 0 Å². The van der Waals surface area contributed by atoms with Gasteiger partial charge in [-0.3, -0.25) is 4.68 Å². The Morgan fingerprint density at radius 3 is 2.33 bits per heavy atom. The van der Waals surface area contributed by atoms with E-state index in [2.05, 4.69) is 61.8 Å². The van der Waals surface area contributed by atoms with E-state index in [0.717, 1.165) is 43.1 Å². The second kappa shape index (κ2) is 8.16. The third kappa shape index (κ3) is 3.61. The summed E-state index contributed by atoms with van der Waals surface area (Å²) in [6, 6.07) is 0.175. The molecule has 1 atom stereocenters. The van der Waals surface area contributed by atoms with Crippen molar-refractivity contribution in [3.63, 3.8) is 0 Å². The molecule has 0 aliphatic carbocycles. The van der Waals surface area contributed by atoms with Gasteiger partial charge >= 0.3 is 0 Å². The number of aryl methyl sites for hydroxylation is 1. The van der Waals surface area contributed by atoms with Gasteiger partial charge < -0.3 is 10.2 Å². The number of nitrogens with zero attached hydrogens (tertiary/aromatic N) is 3. The van der Waals surface area contributed by atoms with Crippen LogP contribution in [0.4, 0.5) is 0 Å². The first-order chi connectivity index (χ1) is 9.98. The second-order valence-corrected chi connectivity index (χ2v) is 6.20. The maximum Gasteiger partial charge on any atom is 0.0834 e. The van der Waals surface area contributed by atoms with Gasteiger partial charge in [0.2, 0.25) is 0 Å². The molecule has 0 amide bonds. The molecule has 0 saturated heterocycles. The maximum absolute atomic E-state index is 6.49. The van der Waals surface area contributed by atoms with Crippen molar-refractivity contribution in [1.82, 2.24) is 20.0 Å². The summed E-state index contributed by atoms with van der Waals surface area (Å²) in [7, 11) is 4.32. The number of halogens is 1. The zero-order valence-electron chi connectivity index (χ0n) is 14.4. The van der Waals surface area contributed by atoms with E-state index in [9.17, 15) is 0 Å². The van der Waals surface area contributed by atoms with Gasteiger partial charge in [0.1, 0.15) is 0 Å². The molecule has 0 aliphatic heterocycles. The predicted octanol–water partition coefficient (Wildman–Crippen LogP) is 3.72. The number of hydrogen-bond acceptors (Lipinski definition) is 3. The van der Waals surface area contributed by atoms with Gasteiger partial charge in [-0.2, -0.15) is 5.10 Å². The third-order valence-corrected chi connectivity index (χ3v) is 4.89. The van der Waals surface area contributed by atoms with Crippen molar-refractivity contribution >= 4 is 11.6 Å². The molecule has 1 aromatic heterocycles. The fraction of sp³-hybridized carbons (Fsp3) is 0.812. The lowest BCUT2D eigenvalue weighted by atomic mass is 9.81. The summed E-state index contributed by atoms with van der Waals surface area (Å²) >= 11 is 6.49. The highest BCUT2D eigenvalue weighted by molar-refractivity contribution is 6.31. The summed E-state index contributed by atoms with van der Waals surface area (Å²) in [6.07, 6.45) is 4.95. The summed E-state index contributed by atoms with van der Waals surface area (Å²) in [6.45, 7) is 10.6. The molecule has 5 heteroatoms. The molecule has 4 nitrogen and oxygen atoms in total. The molecule has 122 valence electrons. The van der Waals surface area contributed by atoms with Gasteiger partial charge in [-0.05, 0) is 39.9 Å². The largest absolute Gasteiger partial charge is 0.307 e. The zero-order chi connectivity index (χ0) is 16.0. The summed E-state index contributed by atoms with van der Waals surface area (Å²) in [4.78, 5) is 2.33. The Hall–Kier alpha value is -0.580. The number of aromatic nitrogens is 2. The highest BCUT2D eigenvalue weighted by atomic mass is 35.5. The van der Waals surface area contributed by atoms with Crippen LogP contribution < -0.4 is 5.32 Å². The van der Waals surface area contributed by atoms with Crippen molar-refractivity contribution in [3.05, 3.63) is 16.9 Å². The molecular weight excluding hydrogens is 284 g/mol. The molecule has 0 aliphatic rings. The van der Waals surface area contributed by atoms with Crippen molar-refractivity contribution in [3.8, 4) is 0 Å². The van der Waals surface area contributed by atoms with Crippen molar-refractivity contribution in [2.24, 2.45) is 0 Å². The van der Waals surface area contributed by atoms with Crippen LogP contribution in [-0.2, 0) is 6.54 Å². The Bertz CT molecular complexity index is 424. The SMILES string of the molecule is CCCn1ncc(Cl)c1C(NCC)C(CC)(CC)N(C)C. The Morgan fingerprint density at radius 1 is 1.29 bits per heavy atom. The van der Waals surface area contributed by atoms with Crippen molar-refractivity contribution < 1.29 is 0 Å². The standard InChI is InChI=1S/C16H31ClN4/c1-7-11-21-14(13(17)12-19-21)15(18-10-4)16(8-2,9-3)20(5)6/h12,15,18H,7-11H2,1-6H3. The maximum atomic E-state index is 6.49. The molecule has 0 aromatic carbocycles. The summed E-state index contributed by atoms with van der Waals surface area (Å²) in [5, 5.41) is 8.90. The monoisotopic (exact) mass is 314 g/mol. The molecule has 1 unspecified atom stereocenters. The van der Waals surface area contributed by atoms with E-state index in [-0.39, 0.29) is 11.6 Å². The molecule has 0 spiro atoms. The summed E-state index contributed by atoms with van der Waals surface area (Å²) in [5.41, 5.74) is 1.16. The molecule has 0 fully saturated rings. The van der Waals surface area contributed by atoms with Crippen molar-refractivity contribution in [1.29, 1.82) is 0 Å². The molecule has 1 rings (SSSR count). The van der Waals surface area contributed by atoms with Gasteiger partial charge in [-0.15, -0.1) is 0 Å². The Morgan fingerprint density at radius 2 is 1.90 bits per heavy atom. The van der Waals surface area contributed by atoms with Gasteiger partial charge in [0.05, 0.1) is 23.0 Å². The van der Waals surface area contributed by atoms with Crippen molar-refractivity contribution in [2.45, 2.75) is 65.1 Å². The quantitative estimate of drug-likeness (QED) is 0.754. The van der Waals surface area contributed by atoms with E-state index in [0.29, 0.717) is 0 Å². The van der Waals surface area contributed by atoms with Gasteiger partial charge in [0.15, 0.2) is 0 Å². The van der Waals surface area contributed by atoms with E-state index in [1.165, 1.54) is 0 Å². The lowest BCUT2D eigenvalue weighted by Gasteiger charge is -2.45. The minimum atomic E-state index is 0.0329. The van der Waals surface area contributed by atoms with Crippen LogP contribution >= 0.6 is 11.6 Å². The number of rotatable bonds is 9. The van der Waals surface area contributed by atoms with Crippen molar-refractivity contribution in [2.75, 3.05) is 20.6 Å². The van der Waals surface area contributed by atoms with Gasteiger partial charge in [0.25, 0.3) is 0 Å². The zero-order valence-corrected chi connectivity index (χ0v) is 15.2. The van der Waals surface area contributed by atoms with Crippen LogP contribution in [0.1, 0.15) is 58.7 Å². The van der Waals surface area contributed by atoms with Crippen LogP contribution in [0.5, 0.6) is 0 Å². The van der Waals surface area contributed by atoms with Crippen LogP contribution in [-0.4, -0.2) is 40.9 Å². The molecule has 0 radical (unpaired) electrons. The average molecular weight is 315 g/mol. The Balaban J connectivity index is 3.37. The van der Waals surface area contributed by atoms with E-state index < -0.39 is 0 Å². The molecular formula is C16H31ClN4. The molecule has 0 saturated carbocycles. The smallest absolute Gasteiger partial charge is 0.0834 e. The van der Waals surface area contributed by atoms with Gasteiger partial charge in [0, 0.05) is 12.1 Å². The third-order valence-electron chi connectivity index (χ3n) is 4.60. The van der Waals surface area contributed by atoms with E-state index in [4.69, 9.17) is 11.6 Å². The van der Waals surface area contributed by atoms with Crippen LogP contribution in [0.2, 0.25) is 5.02 Å². The lowest BCUT2D eigenvalue weighted by Crippen LogP contribution is -2.53. The summed E-state index contributed by atoms with van der Waals surface area (Å²) < 4.78 is 2.07. The fourth-order valence-corrected chi connectivity index (χ4v) is 3.59. The molecule has 0 bridgehead atoms. The number of hydrogen-bond donors (Lipinski definition) is 1. The first kappa shape index (κ1) is 18.5. The molecule has 1 N–H and O–H groups in total. The number of likely N-dealkylation sites (N-methyl/N-ethyl adjacent to an activating group) is 2. The van der Waals surface area contributed by atoms with Crippen LogP contribution in [0.3, 0.4) is 0 Å². The highest BCUT2D eigenvalue weighted by Gasteiger charge is 2.41. The normalized spacial score (nSPS) is 13.9. The summed E-state index contributed by atoms with van der Waals surface area (Å²) in [5.74, 6) is 0. The Kier molecular flexibility index (Phi) is 7.17. The minimum absolute atomic E-state index is 0.0329. The van der Waals surface area contributed by atoms with Crippen LogP contribution in [0, 0.1) is 0 Å². The highest BCUT2D eigenvalue weighted by Crippen LogP contribution is 2.38. The van der Waals surface area contributed by atoms with E-state index in [1.807, 2.05) is 0 Å². The fourth-order valence-electron chi connectivity index (χ4n) is 3.34. The molecule has 21 heavy (non-hydrogen) atoms. The molecule has 1 aromatic rings. The van der Waals surface area contributed by atoms with E-state index in [1.54, 1.807) is 6.20 Å². The minimum Gasteiger partial charge on any atom is -0.307 e. The van der Waals surface area contributed by atoms with E-state index >= 15 is 0 Å². The topological polar surface area (TPSA) is 33.1 Å². The van der Waals surface area contributed by atoms with Crippen LogP contribution in [0.15, 0.2) is 6.20 Å². The average Bonchev–Trinajstić information content (AvgIpc) is 2.80. The van der Waals surface area contributed by atoms with Gasteiger partial charge in [-0.25, -0.2) is 0 Å². The first-order valence-corrected chi connectivity index (χ1v) is 8.48. The van der Waals surface area contributed by atoms with Gasteiger partial charge in [-0.1, -0.05) is 39.3 Å². The first-order valence-electron chi connectivity index (χ1n) is 8.10. The predicted molar refractivity (Wildman–Crippen MR) is 90.9 cm³/mol. The Labute approximate surface area is 134 Å². The molecule has 1 heterocycles. The lowest BCUT2D eigenvalue weighted by molar-refractivity contribution is 0.0847. The second-order valence-electron chi connectivity index (χ2n) is 5.80. The number of nitrogens with one attached hydrogen (secondary N) is 1.